The third-order valence-electron chi connectivity index (χ3n) is 14.2. The van der Waals surface area contributed by atoms with Crippen LogP contribution in [0, 0.1) is 11.7 Å². The van der Waals surface area contributed by atoms with Gasteiger partial charge in [-0.3, -0.25) is 19.3 Å². The van der Waals surface area contributed by atoms with Crippen molar-refractivity contribution in [1.82, 2.24) is 30.0 Å². The van der Waals surface area contributed by atoms with E-state index in [2.05, 4.69) is 73.3 Å². The Labute approximate surface area is 394 Å². The van der Waals surface area contributed by atoms with E-state index in [0.29, 0.717) is 92.5 Å². The fourth-order valence-electron chi connectivity index (χ4n) is 10.2. The van der Waals surface area contributed by atoms with Crippen molar-refractivity contribution in [3.05, 3.63) is 148 Å². The normalized spacial score (nSPS) is 19.5. The van der Waals surface area contributed by atoms with Crippen LogP contribution in [0.4, 0.5) is 21.7 Å². The number of Topliss-reactive ketones (excluding diaryl/α,β-unsaturated/α-hetero) is 3. The monoisotopic (exact) mass is 906 g/mol. The number of anilines is 3. The van der Waals surface area contributed by atoms with Gasteiger partial charge in [0.25, 0.3) is 0 Å². The van der Waals surface area contributed by atoms with Crippen LogP contribution in [0.2, 0.25) is 0 Å². The van der Waals surface area contributed by atoms with Gasteiger partial charge in [-0.05, 0) is 111 Å². The van der Waals surface area contributed by atoms with Gasteiger partial charge in [0.05, 0.1) is 23.6 Å². The summed E-state index contributed by atoms with van der Waals surface area (Å²) in [4.78, 5) is 57.1. The molecular formula is C54H63FN8O4. The fraction of sp³-hybridized carbons (Fsp3) is 0.426. The van der Waals surface area contributed by atoms with Crippen molar-refractivity contribution < 1.29 is 23.5 Å². The maximum absolute atomic E-state index is 15.8. The Morgan fingerprint density at radius 1 is 1.00 bits per heavy atom. The summed E-state index contributed by atoms with van der Waals surface area (Å²) in [6, 6.07) is 11.1. The summed E-state index contributed by atoms with van der Waals surface area (Å²) in [5.41, 5.74) is 16.1. The zero-order valence-electron chi connectivity index (χ0n) is 39.3. The number of nitrogens with zero attached hydrogens (tertiary/aromatic N) is 6. The summed E-state index contributed by atoms with van der Waals surface area (Å²) in [7, 11) is 0. The number of fused-ring (bicyclic) bond motifs is 1. The van der Waals surface area contributed by atoms with Crippen molar-refractivity contribution in [3.63, 3.8) is 0 Å². The van der Waals surface area contributed by atoms with Crippen LogP contribution in [-0.4, -0.2) is 107 Å². The number of nitrogens with one attached hydrogen (secondary N) is 2. The molecule has 13 heteroatoms. The zero-order valence-corrected chi connectivity index (χ0v) is 39.3. The highest BCUT2D eigenvalue weighted by molar-refractivity contribution is 6.08. The second-order valence-corrected chi connectivity index (χ2v) is 18.3. The summed E-state index contributed by atoms with van der Waals surface area (Å²) in [5.74, 6) is 1.13. The van der Waals surface area contributed by atoms with Crippen molar-refractivity contribution in [3.8, 4) is 0 Å². The van der Waals surface area contributed by atoms with Gasteiger partial charge >= 0.3 is 0 Å². The van der Waals surface area contributed by atoms with E-state index in [9.17, 15) is 14.4 Å². The highest BCUT2D eigenvalue weighted by Gasteiger charge is 2.35. The van der Waals surface area contributed by atoms with E-state index in [1.807, 2.05) is 37.4 Å². The van der Waals surface area contributed by atoms with Crippen LogP contribution < -0.4 is 15.5 Å². The molecule has 12 nitrogen and oxygen atoms in total. The van der Waals surface area contributed by atoms with Gasteiger partial charge in [-0.25, -0.2) is 14.4 Å². The average Bonchev–Trinajstić information content (AvgIpc) is 3.50. The van der Waals surface area contributed by atoms with Crippen molar-refractivity contribution in [1.29, 1.82) is 0 Å². The predicted octanol–water partition coefficient (Wildman–Crippen LogP) is 8.38. The fourth-order valence-corrected chi connectivity index (χ4v) is 10.2. The second kappa shape index (κ2) is 21.0. The lowest BCUT2D eigenvalue weighted by Crippen LogP contribution is -2.63. The van der Waals surface area contributed by atoms with Crippen LogP contribution >= 0.6 is 0 Å². The van der Waals surface area contributed by atoms with Crippen LogP contribution in [0.3, 0.4) is 0 Å². The van der Waals surface area contributed by atoms with Crippen molar-refractivity contribution in [2.75, 3.05) is 69.2 Å². The Kier molecular flexibility index (Phi) is 14.7. The smallest absolute Gasteiger partial charge is 0.227 e. The molecule has 5 heterocycles. The minimum atomic E-state index is -0.325. The standard InChI is InChI=1S/C54H63FN8O4/c1-7-38-11-16-46(65)17-12-39(38)13-19-52(66)48-30-44(15-18-47(48)36(5)64)63-32-45(33-63)61-25-23-60(24-26-61)43(8-2)28-40-10-14-42(29-49(40)55)58-54-57-31-41-20-22-62(34-50(41)59-54)51(9-3)35(4)53-37(6)67-27-21-56-53/h9-10,14-15,18,29-31,39,45,56H,1-3,11-13,16-17,19-28,32-34H2,4-6H3,(H,57,58,59)/b51-35+. The van der Waals surface area contributed by atoms with Crippen molar-refractivity contribution in [2.45, 2.75) is 84.7 Å². The van der Waals surface area contributed by atoms with E-state index in [0.717, 1.165) is 110 Å². The number of aromatic nitrogens is 2. The summed E-state index contributed by atoms with van der Waals surface area (Å²) in [5, 5.41) is 6.70. The molecule has 67 heavy (non-hydrogen) atoms. The molecular weight excluding hydrogens is 844 g/mol. The number of hydrogen-bond donors (Lipinski definition) is 2. The maximum atomic E-state index is 15.8. The Balaban J connectivity index is 0.828. The lowest BCUT2D eigenvalue weighted by atomic mass is 9.87. The number of hydrogen-bond acceptors (Lipinski definition) is 12. The van der Waals surface area contributed by atoms with Crippen molar-refractivity contribution in [2.24, 2.45) is 5.92 Å². The van der Waals surface area contributed by atoms with Crippen LogP contribution in [0.5, 0.6) is 0 Å². The quantitative estimate of drug-likeness (QED) is 0.0660. The number of ketones is 3. The molecule has 1 unspecified atom stereocenters. The summed E-state index contributed by atoms with van der Waals surface area (Å²) >= 11 is 0. The molecule has 0 spiro atoms. The molecule has 1 aliphatic carbocycles. The predicted molar refractivity (Wildman–Crippen MR) is 261 cm³/mol. The van der Waals surface area contributed by atoms with Crippen LogP contribution in [-0.2, 0) is 28.9 Å². The molecule has 3 fully saturated rings. The van der Waals surface area contributed by atoms with Crippen molar-refractivity contribution >= 4 is 34.7 Å². The molecule has 2 N–H and O–H groups in total. The largest absolute Gasteiger partial charge is 0.494 e. The number of ether oxygens (including phenoxy) is 1. The first-order chi connectivity index (χ1) is 32.4. The molecule has 0 radical (unpaired) electrons. The number of carbonyl (C=O) groups excluding carboxylic acids is 3. The molecule has 2 saturated heterocycles. The van der Waals surface area contributed by atoms with Gasteiger partial charge in [0.1, 0.15) is 24.0 Å². The van der Waals surface area contributed by atoms with E-state index in [1.54, 1.807) is 12.1 Å². The van der Waals surface area contributed by atoms with E-state index in [1.165, 1.54) is 13.0 Å². The lowest BCUT2D eigenvalue weighted by Gasteiger charge is -2.49. The number of benzene rings is 2. The van der Waals surface area contributed by atoms with Crippen LogP contribution in [0.15, 0.2) is 114 Å². The lowest BCUT2D eigenvalue weighted by molar-refractivity contribution is -0.118. The van der Waals surface area contributed by atoms with E-state index in [-0.39, 0.29) is 29.1 Å². The van der Waals surface area contributed by atoms with E-state index >= 15 is 4.39 Å². The molecule has 1 atom stereocenters. The van der Waals surface area contributed by atoms with Gasteiger partial charge in [-0.15, -0.1) is 11.5 Å². The first kappa shape index (κ1) is 47.0. The maximum Gasteiger partial charge on any atom is 0.227 e. The summed E-state index contributed by atoms with van der Waals surface area (Å²) in [6.45, 7) is 25.2. The average molecular weight is 907 g/mol. The number of carbonyl (C=O) groups is 3. The Bertz CT molecular complexity index is 2610. The van der Waals surface area contributed by atoms with Crippen LogP contribution in [0.25, 0.3) is 0 Å². The highest BCUT2D eigenvalue weighted by atomic mass is 19.1. The number of allylic oxidation sites excluding steroid dienone is 5. The van der Waals surface area contributed by atoms with Gasteiger partial charge in [-0.2, -0.15) is 0 Å². The van der Waals surface area contributed by atoms with Gasteiger partial charge in [0, 0.05) is 118 Å². The molecule has 0 bridgehead atoms. The summed E-state index contributed by atoms with van der Waals surface area (Å²) in [6.07, 6.45) is 8.22. The number of rotatable bonds is 15. The Morgan fingerprint density at radius 2 is 1.81 bits per heavy atom. The minimum Gasteiger partial charge on any atom is -0.494 e. The van der Waals surface area contributed by atoms with Gasteiger partial charge in [0.15, 0.2) is 11.6 Å². The molecule has 1 saturated carbocycles. The van der Waals surface area contributed by atoms with E-state index < -0.39 is 0 Å². The molecule has 4 aliphatic heterocycles. The molecule has 2 aromatic carbocycles. The summed E-state index contributed by atoms with van der Waals surface area (Å²) < 4.78 is 21.6. The third-order valence-corrected chi connectivity index (χ3v) is 14.2. The second-order valence-electron chi connectivity index (χ2n) is 18.3. The first-order valence-corrected chi connectivity index (χ1v) is 23.7. The molecule has 3 aromatic rings. The molecule has 1 aromatic heterocycles. The van der Waals surface area contributed by atoms with E-state index in [4.69, 9.17) is 9.72 Å². The SMILES string of the molecule is C=C=C1CCC(=O)CCC1CCC(=O)c1cc(N2CC(N3CCN(C(=C=C)Cc4ccc(Nc5ncc6c(n5)CN(/C(C=C)=C(\C)C5=C(C)OCCN5)CC6)cc4F)CC3)C2)ccc1C(C)=O. The molecule has 5 aliphatic rings. The van der Waals surface area contributed by atoms with Gasteiger partial charge in [0.2, 0.25) is 5.95 Å². The Morgan fingerprint density at radius 3 is 2.52 bits per heavy atom. The minimum absolute atomic E-state index is 0.0514. The molecule has 350 valence electrons. The number of piperazine rings is 1. The van der Waals surface area contributed by atoms with Crippen LogP contribution in [0.1, 0.15) is 96.8 Å². The number of halogens is 1. The third kappa shape index (κ3) is 10.7. The molecule has 0 amide bonds. The topological polar surface area (TPSA) is 123 Å². The zero-order chi connectivity index (χ0) is 47.2. The van der Waals surface area contributed by atoms with Gasteiger partial charge < -0.3 is 30.1 Å². The molecule has 8 rings (SSSR count). The van der Waals surface area contributed by atoms with Gasteiger partial charge in [-0.1, -0.05) is 25.8 Å². The highest BCUT2D eigenvalue weighted by Crippen LogP contribution is 2.33. The Hall–Kier alpha value is -6.52. The first-order valence-electron chi connectivity index (χ1n) is 23.7.